The largest absolute Gasteiger partial charge is 0.472 e. The minimum absolute atomic E-state index is 0.108. The molecule has 0 aromatic rings. The predicted molar refractivity (Wildman–Crippen MR) is 446 cm³/mol. The van der Waals surface area contributed by atoms with Crippen molar-refractivity contribution in [3.63, 3.8) is 0 Å². The van der Waals surface area contributed by atoms with Crippen molar-refractivity contribution in [3.8, 4) is 0 Å². The first-order valence-corrected chi connectivity index (χ1v) is 49.2. The molecule has 0 aliphatic rings. The van der Waals surface area contributed by atoms with Crippen LogP contribution in [0.4, 0.5) is 0 Å². The zero-order chi connectivity index (χ0) is 79.0. The molecule has 0 saturated carbocycles. The summed E-state index contributed by atoms with van der Waals surface area (Å²) in [5.41, 5.74) is 0. The fraction of sp³-hybridized carbons (Fsp3) is 0.955. The van der Waals surface area contributed by atoms with Crippen molar-refractivity contribution >= 4 is 39.5 Å². The van der Waals surface area contributed by atoms with Crippen LogP contribution in [0.3, 0.4) is 0 Å². The van der Waals surface area contributed by atoms with Crippen molar-refractivity contribution in [3.05, 3.63) is 0 Å². The number of hydrogen-bond donors (Lipinski definition) is 3. The van der Waals surface area contributed by atoms with Crippen LogP contribution in [-0.2, 0) is 65.4 Å². The van der Waals surface area contributed by atoms with Gasteiger partial charge in [0, 0.05) is 25.7 Å². The fourth-order valence-corrected chi connectivity index (χ4v) is 15.5. The summed E-state index contributed by atoms with van der Waals surface area (Å²) in [4.78, 5) is 73.0. The molecule has 19 heteroatoms. The normalized spacial score (nSPS) is 14.0. The zero-order valence-corrected chi connectivity index (χ0v) is 72.8. The van der Waals surface area contributed by atoms with E-state index < -0.39 is 97.5 Å². The molecule has 0 aliphatic carbocycles. The van der Waals surface area contributed by atoms with Gasteiger partial charge in [-0.25, -0.2) is 9.13 Å². The molecule has 3 unspecified atom stereocenters. The lowest BCUT2D eigenvalue weighted by atomic mass is 9.99. The molecule has 3 N–H and O–H groups in total. The van der Waals surface area contributed by atoms with Gasteiger partial charge in [0.2, 0.25) is 0 Å². The van der Waals surface area contributed by atoms with Gasteiger partial charge in [-0.1, -0.05) is 433 Å². The van der Waals surface area contributed by atoms with Crippen LogP contribution in [0, 0.1) is 5.92 Å². The second kappa shape index (κ2) is 81.6. The number of carbonyl (C=O) groups excluding carboxylic acids is 4. The number of rotatable bonds is 89. The van der Waals surface area contributed by atoms with E-state index in [0.717, 1.165) is 102 Å². The molecule has 0 aliphatic heterocycles. The van der Waals surface area contributed by atoms with E-state index in [-0.39, 0.29) is 25.7 Å². The maximum Gasteiger partial charge on any atom is 0.472 e. The molecule has 0 saturated heterocycles. The van der Waals surface area contributed by atoms with Crippen LogP contribution in [0.25, 0.3) is 0 Å². The molecule has 0 heterocycles. The van der Waals surface area contributed by atoms with Crippen molar-refractivity contribution in [1.29, 1.82) is 0 Å². The Morgan fingerprint density at radius 2 is 0.444 bits per heavy atom. The number of aliphatic hydroxyl groups excluding tert-OH is 1. The highest BCUT2D eigenvalue weighted by molar-refractivity contribution is 7.47. The lowest BCUT2D eigenvalue weighted by Crippen LogP contribution is -2.30. The first-order valence-electron chi connectivity index (χ1n) is 46.2. The van der Waals surface area contributed by atoms with Gasteiger partial charge in [0.1, 0.15) is 19.3 Å². The SMILES string of the molecule is CCCCCCCCCCCCCCCCCCCCCCCCC(=O)OC[C@H](COP(=O)(O)OC[C@@H](O)COP(=O)(O)OC[C@@H](COC(=O)CCCCCCC)OC(=O)CCCCCCCCCCCCCCCCCCCCC)OC(=O)CCCCCCCCCCCCCCCCCCCCC(C)CC. The van der Waals surface area contributed by atoms with Gasteiger partial charge in [-0.3, -0.25) is 37.3 Å². The van der Waals surface area contributed by atoms with E-state index in [1.54, 1.807) is 0 Å². The van der Waals surface area contributed by atoms with Crippen molar-refractivity contribution in [2.24, 2.45) is 5.92 Å². The van der Waals surface area contributed by atoms with Crippen LogP contribution in [0.15, 0.2) is 0 Å². The Morgan fingerprint density at radius 1 is 0.259 bits per heavy atom. The van der Waals surface area contributed by atoms with Gasteiger partial charge in [-0.2, -0.15) is 0 Å². The second-order valence-corrected chi connectivity index (χ2v) is 35.1. The molecule has 0 amide bonds. The summed E-state index contributed by atoms with van der Waals surface area (Å²) in [6.07, 6.45) is 77.1. The Bertz CT molecular complexity index is 2050. The monoisotopic (exact) mass is 1580 g/mol. The number of phosphoric ester groups is 2. The van der Waals surface area contributed by atoms with E-state index in [2.05, 4.69) is 34.6 Å². The molecular formula is C89H174O17P2. The molecular weight excluding hydrogens is 1400 g/mol. The van der Waals surface area contributed by atoms with E-state index in [0.29, 0.717) is 25.7 Å². The summed E-state index contributed by atoms with van der Waals surface area (Å²) in [5, 5.41) is 10.7. The molecule has 0 spiro atoms. The summed E-state index contributed by atoms with van der Waals surface area (Å²) >= 11 is 0. The first kappa shape index (κ1) is 106. The highest BCUT2D eigenvalue weighted by Crippen LogP contribution is 2.45. The molecule has 0 radical (unpaired) electrons. The van der Waals surface area contributed by atoms with E-state index in [9.17, 15) is 43.2 Å². The lowest BCUT2D eigenvalue weighted by Gasteiger charge is -2.21. The molecule has 108 heavy (non-hydrogen) atoms. The Labute approximate surface area is 664 Å². The van der Waals surface area contributed by atoms with Gasteiger partial charge in [0.15, 0.2) is 12.2 Å². The third-order valence-corrected chi connectivity index (χ3v) is 23.3. The van der Waals surface area contributed by atoms with Crippen molar-refractivity contribution in [1.82, 2.24) is 0 Å². The van der Waals surface area contributed by atoms with E-state index >= 15 is 0 Å². The Balaban J connectivity index is 5.08. The van der Waals surface area contributed by atoms with Crippen LogP contribution < -0.4 is 0 Å². The number of hydrogen-bond acceptors (Lipinski definition) is 15. The maximum absolute atomic E-state index is 13.2. The van der Waals surface area contributed by atoms with Gasteiger partial charge >= 0.3 is 39.5 Å². The average molecular weight is 1580 g/mol. The van der Waals surface area contributed by atoms with E-state index in [4.69, 9.17) is 37.0 Å². The summed E-state index contributed by atoms with van der Waals surface area (Å²) in [6, 6.07) is 0. The average Bonchev–Trinajstić information content (AvgIpc) is 0.900. The van der Waals surface area contributed by atoms with Crippen molar-refractivity contribution in [2.75, 3.05) is 39.6 Å². The van der Waals surface area contributed by atoms with Gasteiger partial charge in [-0.05, 0) is 31.6 Å². The molecule has 17 nitrogen and oxygen atoms in total. The molecule has 6 atom stereocenters. The van der Waals surface area contributed by atoms with Crippen LogP contribution in [0.1, 0.15) is 484 Å². The number of carbonyl (C=O) groups is 4. The number of aliphatic hydroxyl groups is 1. The molecule has 0 bridgehead atoms. The molecule has 0 fully saturated rings. The van der Waals surface area contributed by atoms with Gasteiger partial charge < -0.3 is 33.8 Å². The van der Waals surface area contributed by atoms with E-state index in [1.807, 2.05) is 0 Å². The lowest BCUT2D eigenvalue weighted by molar-refractivity contribution is -0.161. The number of phosphoric acid groups is 2. The van der Waals surface area contributed by atoms with Crippen LogP contribution in [-0.4, -0.2) is 96.7 Å². The second-order valence-electron chi connectivity index (χ2n) is 32.2. The fourth-order valence-electron chi connectivity index (χ4n) is 14.0. The zero-order valence-electron chi connectivity index (χ0n) is 71.0. The first-order chi connectivity index (χ1) is 52.6. The summed E-state index contributed by atoms with van der Waals surface area (Å²) in [7, 11) is -9.92. The quantitative estimate of drug-likeness (QED) is 0.0222. The molecule has 0 aromatic carbocycles. The van der Waals surface area contributed by atoms with Crippen LogP contribution in [0.5, 0.6) is 0 Å². The predicted octanol–water partition coefficient (Wildman–Crippen LogP) is 27.5. The topological polar surface area (TPSA) is 237 Å². The van der Waals surface area contributed by atoms with Gasteiger partial charge in [0.25, 0.3) is 0 Å². The highest BCUT2D eigenvalue weighted by atomic mass is 31.2. The summed E-state index contributed by atoms with van der Waals surface area (Å²) in [6.45, 7) is 7.35. The third-order valence-electron chi connectivity index (χ3n) is 21.4. The Hall–Kier alpha value is -1.94. The highest BCUT2D eigenvalue weighted by Gasteiger charge is 2.31. The Kier molecular flexibility index (Phi) is 80.2. The Morgan fingerprint density at radius 3 is 0.657 bits per heavy atom. The smallest absolute Gasteiger partial charge is 0.462 e. The molecule has 0 rings (SSSR count). The standard InChI is InChI=1S/C89H174O17P2/c1-6-10-13-16-18-20-22-24-26-28-30-31-32-34-38-42-46-50-54-58-63-68-73-87(92)100-79-85(106-89(94)75-70-65-60-56-52-48-44-40-36-35-37-41-45-49-53-57-62-66-71-82(5)9-4)81-104-108(97,98)102-77-83(90)76-101-107(95,96)103-80-84(78-99-86(91)72-67-61-15-12-8-3)105-88(93)74-69-64-59-55-51-47-43-39-33-29-27-25-23-21-19-17-14-11-7-2/h82-85,90H,6-81H2,1-5H3,(H,95,96)(H,97,98)/t82?,83-,84+,85+/m0/s1. The third kappa shape index (κ3) is 80.7. The summed E-state index contributed by atoms with van der Waals surface area (Å²) < 4.78 is 68.7. The van der Waals surface area contributed by atoms with Gasteiger partial charge in [-0.15, -0.1) is 0 Å². The minimum Gasteiger partial charge on any atom is -0.462 e. The van der Waals surface area contributed by atoms with Crippen LogP contribution >= 0.6 is 15.6 Å². The summed E-state index contributed by atoms with van der Waals surface area (Å²) in [5.74, 6) is -1.24. The minimum atomic E-state index is -4.96. The van der Waals surface area contributed by atoms with Crippen molar-refractivity contribution < 1.29 is 80.2 Å². The van der Waals surface area contributed by atoms with Gasteiger partial charge in [0.05, 0.1) is 26.4 Å². The number of esters is 4. The number of ether oxygens (including phenoxy) is 4. The maximum atomic E-state index is 13.2. The number of unbranched alkanes of at least 4 members (excludes halogenated alkanes) is 60. The van der Waals surface area contributed by atoms with Crippen LogP contribution in [0.2, 0.25) is 0 Å². The van der Waals surface area contributed by atoms with E-state index in [1.165, 1.54) is 302 Å². The molecule has 0 aromatic heterocycles. The molecule has 642 valence electrons. The van der Waals surface area contributed by atoms with Crippen molar-refractivity contribution in [2.45, 2.75) is 502 Å².